The Kier molecular flexibility index (Phi) is 3.59. The lowest BCUT2D eigenvalue weighted by molar-refractivity contribution is -0.130. The van der Waals surface area contributed by atoms with E-state index in [0.29, 0.717) is 11.4 Å². The van der Waals surface area contributed by atoms with Gasteiger partial charge in [0.1, 0.15) is 5.75 Å². The quantitative estimate of drug-likeness (QED) is 0.833. The second-order valence-electron chi connectivity index (χ2n) is 6.33. The highest BCUT2D eigenvalue weighted by atomic mass is 16.5. The number of ketones is 1. The Labute approximate surface area is 119 Å². The Bertz CT molecular complexity index is 557. The maximum Gasteiger partial charge on any atom is 0.268 e. The minimum atomic E-state index is -0.557. The van der Waals surface area contributed by atoms with Crippen molar-refractivity contribution in [2.45, 2.75) is 40.7 Å². The van der Waals surface area contributed by atoms with Gasteiger partial charge in [-0.25, -0.2) is 0 Å². The first-order valence-electron chi connectivity index (χ1n) is 6.82. The molecule has 1 aromatic rings. The van der Waals surface area contributed by atoms with Gasteiger partial charge in [-0.3, -0.25) is 14.5 Å². The van der Waals surface area contributed by atoms with Gasteiger partial charge in [-0.2, -0.15) is 0 Å². The van der Waals surface area contributed by atoms with Gasteiger partial charge in [0.2, 0.25) is 0 Å². The van der Waals surface area contributed by atoms with E-state index in [-0.39, 0.29) is 18.2 Å². The van der Waals surface area contributed by atoms with Crippen molar-refractivity contribution in [1.29, 1.82) is 0 Å². The van der Waals surface area contributed by atoms with Gasteiger partial charge in [-0.15, -0.1) is 0 Å². The number of carbonyl (C=O) groups is 2. The number of ether oxygens (including phenoxy) is 1. The second kappa shape index (κ2) is 4.93. The van der Waals surface area contributed by atoms with E-state index >= 15 is 0 Å². The highest BCUT2D eigenvalue weighted by Crippen LogP contribution is 2.35. The third-order valence-electron chi connectivity index (χ3n) is 3.46. The zero-order chi connectivity index (χ0) is 15.1. The van der Waals surface area contributed by atoms with Gasteiger partial charge in [0.25, 0.3) is 5.91 Å². The van der Waals surface area contributed by atoms with Gasteiger partial charge >= 0.3 is 0 Å². The summed E-state index contributed by atoms with van der Waals surface area (Å²) in [5.74, 6) is 0.525. The Morgan fingerprint density at radius 2 is 2.00 bits per heavy atom. The van der Waals surface area contributed by atoms with Crippen LogP contribution in [0.15, 0.2) is 18.2 Å². The van der Waals surface area contributed by atoms with Crippen LogP contribution in [0.2, 0.25) is 0 Å². The largest absolute Gasteiger partial charge is 0.479 e. The normalized spacial score (nSPS) is 18.6. The molecule has 0 fully saturated rings. The van der Waals surface area contributed by atoms with Crippen LogP contribution in [0.4, 0.5) is 5.69 Å². The van der Waals surface area contributed by atoms with E-state index in [9.17, 15) is 9.59 Å². The minimum absolute atomic E-state index is 0.0346. The zero-order valence-electron chi connectivity index (χ0n) is 12.7. The molecule has 0 aliphatic carbocycles. The number of hydrogen-bond donors (Lipinski definition) is 0. The standard InChI is InChI=1S/C16H21NO3/c1-10-6-7-13-12(8-10)17(15(19)11(2)20-13)9-14(18)16(3,4)5/h6-8,11H,9H2,1-5H3/t11-/m0/s1. The van der Waals surface area contributed by atoms with E-state index in [2.05, 4.69) is 0 Å². The first kappa shape index (κ1) is 14.6. The van der Waals surface area contributed by atoms with Crippen LogP contribution in [0.1, 0.15) is 33.3 Å². The number of Topliss-reactive ketones (excluding diaryl/α,β-unsaturated/α-hetero) is 1. The summed E-state index contributed by atoms with van der Waals surface area (Å²) >= 11 is 0. The lowest BCUT2D eigenvalue weighted by Gasteiger charge is -2.34. The Morgan fingerprint density at radius 3 is 2.60 bits per heavy atom. The molecule has 1 atom stereocenters. The van der Waals surface area contributed by atoms with Crippen molar-refractivity contribution in [3.8, 4) is 5.75 Å². The third kappa shape index (κ3) is 2.69. The summed E-state index contributed by atoms with van der Waals surface area (Å²) in [5, 5.41) is 0. The van der Waals surface area contributed by atoms with Crippen molar-refractivity contribution in [2.75, 3.05) is 11.4 Å². The number of amides is 1. The van der Waals surface area contributed by atoms with E-state index in [4.69, 9.17) is 4.74 Å². The molecular weight excluding hydrogens is 254 g/mol. The van der Waals surface area contributed by atoms with Crippen molar-refractivity contribution < 1.29 is 14.3 Å². The predicted octanol–water partition coefficient (Wildman–Crippen LogP) is 2.72. The molecule has 0 aromatic heterocycles. The molecule has 108 valence electrons. The summed E-state index contributed by atoms with van der Waals surface area (Å²) < 4.78 is 5.59. The molecule has 0 radical (unpaired) electrons. The molecule has 0 saturated heterocycles. The van der Waals surface area contributed by atoms with E-state index in [1.54, 1.807) is 11.8 Å². The molecule has 20 heavy (non-hydrogen) atoms. The van der Waals surface area contributed by atoms with Crippen LogP contribution in [-0.4, -0.2) is 24.3 Å². The fourth-order valence-electron chi connectivity index (χ4n) is 2.06. The van der Waals surface area contributed by atoms with Crippen LogP contribution in [-0.2, 0) is 9.59 Å². The summed E-state index contributed by atoms with van der Waals surface area (Å²) in [5.41, 5.74) is 1.25. The van der Waals surface area contributed by atoms with Crippen LogP contribution in [0.3, 0.4) is 0 Å². The first-order valence-corrected chi connectivity index (χ1v) is 6.82. The molecule has 0 unspecified atom stereocenters. The summed E-state index contributed by atoms with van der Waals surface area (Å²) in [7, 11) is 0. The molecule has 1 aliphatic rings. The van der Waals surface area contributed by atoms with Crippen LogP contribution >= 0.6 is 0 Å². The molecular formula is C16H21NO3. The molecule has 0 bridgehead atoms. The number of benzene rings is 1. The molecule has 1 aromatic carbocycles. The van der Waals surface area contributed by atoms with Gasteiger partial charge in [-0.05, 0) is 31.5 Å². The zero-order valence-corrected chi connectivity index (χ0v) is 12.7. The smallest absolute Gasteiger partial charge is 0.268 e. The lowest BCUT2D eigenvalue weighted by atomic mass is 9.90. The van der Waals surface area contributed by atoms with Crippen molar-refractivity contribution >= 4 is 17.4 Å². The fourth-order valence-corrected chi connectivity index (χ4v) is 2.06. The highest BCUT2D eigenvalue weighted by molar-refractivity contribution is 6.04. The third-order valence-corrected chi connectivity index (χ3v) is 3.46. The summed E-state index contributed by atoms with van der Waals surface area (Å²) in [6.45, 7) is 9.33. The van der Waals surface area contributed by atoms with Crippen LogP contribution in [0.5, 0.6) is 5.75 Å². The van der Waals surface area contributed by atoms with E-state index < -0.39 is 11.5 Å². The molecule has 0 saturated carbocycles. The second-order valence-corrected chi connectivity index (χ2v) is 6.33. The average Bonchev–Trinajstić information content (AvgIpc) is 2.34. The van der Waals surface area contributed by atoms with Crippen molar-refractivity contribution in [2.24, 2.45) is 5.41 Å². The van der Waals surface area contributed by atoms with Gasteiger partial charge in [0.05, 0.1) is 12.2 Å². The first-order chi connectivity index (χ1) is 9.20. The maximum absolute atomic E-state index is 12.3. The topological polar surface area (TPSA) is 46.6 Å². The molecule has 1 heterocycles. The number of anilines is 1. The summed E-state index contributed by atoms with van der Waals surface area (Å²) in [6.07, 6.45) is -0.557. The lowest BCUT2D eigenvalue weighted by Crippen LogP contribution is -2.48. The molecule has 0 N–H and O–H groups in total. The van der Waals surface area contributed by atoms with E-state index in [1.807, 2.05) is 45.9 Å². The van der Waals surface area contributed by atoms with E-state index in [0.717, 1.165) is 5.56 Å². The minimum Gasteiger partial charge on any atom is -0.479 e. The fraction of sp³-hybridized carbons (Fsp3) is 0.500. The van der Waals surface area contributed by atoms with Gasteiger partial charge in [0.15, 0.2) is 11.9 Å². The number of rotatable bonds is 2. The van der Waals surface area contributed by atoms with Gasteiger partial charge in [-0.1, -0.05) is 26.8 Å². The van der Waals surface area contributed by atoms with Crippen LogP contribution in [0, 0.1) is 12.3 Å². The average molecular weight is 275 g/mol. The maximum atomic E-state index is 12.3. The van der Waals surface area contributed by atoms with Crippen molar-refractivity contribution in [3.63, 3.8) is 0 Å². The summed E-state index contributed by atoms with van der Waals surface area (Å²) in [6, 6.07) is 5.67. The number of fused-ring (bicyclic) bond motifs is 1. The van der Waals surface area contributed by atoms with Gasteiger partial charge in [0, 0.05) is 5.41 Å². The van der Waals surface area contributed by atoms with Crippen LogP contribution in [0.25, 0.3) is 0 Å². The number of carbonyl (C=O) groups excluding carboxylic acids is 2. The van der Waals surface area contributed by atoms with Crippen molar-refractivity contribution in [3.05, 3.63) is 23.8 Å². The van der Waals surface area contributed by atoms with Crippen molar-refractivity contribution in [1.82, 2.24) is 0 Å². The molecule has 4 nitrogen and oxygen atoms in total. The monoisotopic (exact) mass is 275 g/mol. The Balaban J connectivity index is 2.39. The molecule has 2 rings (SSSR count). The SMILES string of the molecule is Cc1ccc2c(c1)N(CC(=O)C(C)(C)C)C(=O)[C@H](C)O2. The van der Waals surface area contributed by atoms with E-state index in [1.165, 1.54) is 0 Å². The molecule has 1 amide bonds. The predicted molar refractivity (Wildman–Crippen MR) is 78.1 cm³/mol. The molecule has 0 spiro atoms. The number of nitrogens with zero attached hydrogens (tertiary/aromatic N) is 1. The van der Waals surface area contributed by atoms with Gasteiger partial charge < -0.3 is 4.74 Å². The number of aryl methyl sites for hydroxylation is 1. The highest BCUT2D eigenvalue weighted by Gasteiger charge is 2.34. The number of hydrogen-bond acceptors (Lipinski definition) is 3. The Hall–Kier alpha value is -1.84. The molecule has 1 aliphatic heterocycles. The summed E-state index contributed by atoms with van der Waals surface area (Å²) in [4.78, 5) is 26.1. The molecule has 4 heteroatoms. The Morgan fingerprint density at radius 1 is 1.35 bits per heavy atom. The van der Waals surface area contributed by atoms with Crippen LogP contribution < -0.4 is 9.64 Å².